The normalized spacial score (nSPS) is 19.2. The van der Waals surface area contributed by atoms with Crippen molar-refractivity contribution in [3.8, 4) is 0 Å². The highest BCUT2D eigenvalue weighted by molar-refractivity contribution is 5.94. The highest BCUT2D eigenvalue weighted by Crippen LogP contribution is 2.40. The molecule has 1 spiro atoms. The molecule has 2 saturated heterocycles. The lowest BCUT2D eigenvalue weighted by Gasteiger charge is -2.47. The van der Waals surface area contributed by atoms with Crippen LogP contribution in [0.2, 0.25) is 0 Å². The zero-order valence-corrected chi connectivity index (χ0v) is 15.9. The van der Waals surface area contributed by atoms with E-state index in [2.05, 4.69) is 9.97 Å². The van der Waals surface area contributed by atoms with Crippen LogP contribution in [0.4, 0.5) is 4.39 Å². The van der Waals surface area contributed by atoms with Gasteiger partial charge < -0.3 is 14.8 Å². The van der Waals surface area contributed by atoms with E-state index in [0.29, 0.717) is 31.6 Å². The predicted molar refractivity (Wildman–Crippen MR) is 102 cm³/mol. The van der Waals surface area contributed by atoms with Gasteiger partial charge >= 0.3 is 0 Å². The molecule has 0 radical (unpaired) electrons. The van der Waals surface area contributed by atoms with Crippen molar-refractivity contribution < 1.29 is 14.0 Å². The van der Waals surface area contributed by atoms with Crippen LogP contribution in [0.1, 0.15) is 41.7 Å². The molecule has 0 unspecified atom stereocenters. The van der Waals surface area contributed by atoms with Crippen LogP contribution in [-0.4, -0.2) is 57.8 Å². The summed E-state index contributed by atoms with van der Waals surface area (Å²) in [6.45, 7) is 2.74. The first kappa shape index (κ1) is 18.7. The summed E-state index contributed by atoms with van der Waals surface area (Å²) in [6.07, 6.45) is 7.42. The summed E-state index contributed by atoms with van der Waals surface area (Å²) in [5.74, 6) is -0.293. The second kappa shape index (κ2) is 7.73. The van der Waals surface area contributed by atoms with Crippen molar-refractivity contribution in [2.45, 2.75) is 32.1 Å². The fourth-order valence-electron chi connectivity index (χ4n) is 4.38. The smallest absolute Gasteiger partial charge is 0.253 e. The van der Waals surface area contributed by atoms with Crippen molar-refractivity contribution in [3.05, 3.63) is 53.9 Å². The summed E-state index contributed by atoms with van der Waals surface area (Å²) in [5.41, 5.74) is 1.51. The van der Waals surface area contributed by atoms with Gasteiger partial charge in [0.15, 0.2) is 0 Å². The van der Waals surface area contributed by atoms with Crippen molar-refractivity contribution >= 4 is 11.8 Å². The monoisotopic (exact) mass is 384 g/mol. The Labute approximate surface area is 163 Å². The van der Waals surface area contributed by atoms with Gasteiger partial charge in [-0.2, -0.15) is 0 Å². The summed E-state index contributed by atoms with van der Waals surface area (Å²) < 4.78 is 13.4. The maximum Gasteiger partial charge on any atom is 0.253 e. The molecule has 4 rings (SSSR count). The number of carbonyl (C=O) groups excluding carboxylic acids is 2. The van der Waals surface area contributed by atoms with E-state index in [-0.39, 0.29) is 17.2 Å². The number of imidazole rings is 1. The van der Waals surface area contributed by atoms with Crippen LogP contribution >= 0.6 is 0 Å². The van der Waals surface area contributed by atoms with Gasteiger partial charge in [-0.15, -0.1) is 0 Å². The number of rotatable bonds is 4. The molecular formula is C21H25FN4O2. The molecule has 0 saturated carbocycles. The number of halogens is 1. The number of aromatic amines is 1. The predicted octanol–water partition coefficient (Wildman–Crippen LogP) is 2.64. The first-order valence-corrected chi connectivity index (χ1v) is 9.85. The van der Waals surface area contributed by atoms with Gasteiger partial charge in [0, 0.05) is 56.5 Å². The fraction of sp³-hybridized carbons (Fsp3) is 0.476. The Bertz CT molecular complexity index is 844. The minimum absolute atomic E-state index is 0.0839. The average Bonchev–Trinajstić information content (AvgIpc) is 3.23. The Balaban J connectivity index is 1.36. The lowest BCUT2D eigenvalue weighted by atomic mass is 9.72. The number of piperidine rings is 2. The molecule has 2 fully saturated rings. The van der Waals surface area contributed by atoms with Crippen molar-refractivity contribution in [3.63, 3.8) is 0 Å². The summed E-state index contributed by atoms with van der Waals surface area (Å²) in [7, 11) is 0. The molecule has 2 amide bonds. The van der Waals surface area contributed by atoms with E-state index in [4.69, 9.17) is 0 Å². The number of nitrogens with one attached hydrogen (secondary N) is 1. The van der Waals surface area contributed by atoms with E-state index in [9.17, 15) is 14.0 Å². The van der Waals surface area contributed by atoms with Gasteiger partial charge in [-0.3, -0.25) is 9.59 Å². The molecule has 0 atom stereocenters. The highest BCUT2D eigenvalue weighted by Gasteiger charge is 2.41. The van der Waals surface area contributed by atoms with E-state index in [1.54, 1.807) is 24.7 Å². The standard InChI is InChI=1S/C21H25FN4O2/c22-17-3-1-2-16(12-17)20(28)25-10-7-21(8-11-25)6-4-19(27)26(14-21)9-5-18-13-23-15-24-18/h1-3,12-13,15H,4-11,14H2,(H,23,24). The Morgan fingerprint density at radius 3 is 2.79 bits per heavy atom. The molecule has 7 heteroatoms. The number of amides is 2. The number of aromatic nitrogens is 2. The Morgan fingerprint density at radius 2 is 2.07 bits per heavy atom. The topological polar surface area (TPSA) is 69.3 Å². The number of hydrogen-bond donors (Lipinski definition) is 1. The lowest BCUT2D eigenvalue weighted by molar-refractivity contribution is -0.138. The second-order valence-electron chi connectivity index (χ2n) is 7.94. The van der Waals surface area contributed by atoms with Crippen LogP contribution in [-0.2, 0) is 11.2 Å². The number of nitrogens with zero attached hydrogens (tertiary/aromatic N) is 3. The zero-order chi connectivity index (χ0) is 19.6. The van der Waals surface area contributed by atoms with E-state index in [1.807, 2.05) is 9.80 Å². The average molecular weight is 384 g/mol. The number of likely N-dealkylation sites (tertiary alicyclic amines) is 2. The molecule has 6 nitrogen and oxygen atoms in total. The SMILES string of the molecule is O=C1CCC2(CCN(C(=O)c3cccc(F)c3)CC2)CN1CCc1cnc[nH]1. The van der Waals surface area contributed by atoms with E-state index < -0.39 is 5.82 Å². The minimum atomic E-state index is -0.391. The molecule has 28 heavy (non-hydrogen) atoms. The van der Waals surface area contributed by atoms with Gasteiger partial charge in [0.2, 0.25) is 5.91 Å². The Morgan fingerprint density at radius 1 is 1.25 bits per heavy atom. The van der Waals surface area contributed by atoms with E-state index in [1.165, 1.54) is 12.1 Å². The quantitative estimate of drug-likeness (QED) is 0.881. The molecule has 2 aliphatic rings. The van der Waals surface area contributed by atoms with Crippen LogP contribution in [0, 0.1) is 11.2 Å². The van der Waals surface area contributed by atoms with Crippen LogP contribution in [0.25, 0.3) is 0 Å². The van der Waals surface area contributed by atoms with Gasteiger partial charge in [-0.05, 0) is 42.9 Å². The Hall–Kier alpha value is -2.70. The summed E-state index contributed by atoms with van der Waals surface area (Å²) >= 11 is 0. The van der Waals surface area contributed by atoms with Crippen LogP contribution in [0.3, 0.4) is 0 Å². The van der Waals surface area contributed by atoms with E-state index >= 15 is 0 Å². The molecule has 2 aliphatic heterocycles. The van der Waals surface area contributed by atoms with Crippen molar-refractivity contribution in [2.24, 2.45) is 5.41 Å². The van der Waals surface area contributed by atoms with Crippen LogP contribution in [0.5, 0.6) is 0 Å². The van der Waals surface area contributed by atoms with Gasteiger partial charge in [0.05, 0.1) is 6.33 Å². The van der Waals surface area contributed by atoms with Gasteiger partial charge in [0.25, 0.3) is 5.91 Å². The molecule has 3 heterocycles. The van der Waals surface area contributed by atoms with Gasteiger partial charge in [-0.25, -0.2) is 9.37 Å². The number of hydrogen-bond acceptors (Lipinski definition) is 3. The molecule has 1 aromatic carbocycles. The number of H-pyrrole nitrogens is 1. The van der Waals surface area contributed by atoms with Crippen molar-refractivity contribution in [1.82, 2.24) is 19.8 Å². The van der Waals surface area contributed by atoms with Crippen LogP contribution < -0.4 is 0 Å². The third-order valence-electron chi connectivity index (χ3n) is 6.14. The minimum Gasteiger partial charge on any atom is -0.348 e. The first-order chi connectivity index (χ1) is 13.5. The van der Waals surface area contributed by atoms with Crippen molar-refractivity contribution in [1.29, 1.82) is 0 Å². The Kier molecular flexibility index (Phi) is 5.15. The second-order valence-corrected chi connectivity index (χ2v) is 7.94. The molecular weight excluding hydrogens is 359 g/mol. The summed E-state index contributed by atoms with van der Waals surface area (Å²) in [4.78, 5) is 35.9. The number of benzene rings is 1. The molecule has 148 valence electrons. The van der Waals surface area contributed by atoms with Gasteiger partial charge in [-0.1, -0.05) is 6.07 Å². The number of carbonyl (C=O) groups is 2. The maximum atomic E-state index is 13.4. The molecule has 2 aromatic rings. The molecule has 0 aliphatic carbocycles. The molecule has 1 aromatic heterocycles. The lowest BCUT2D eigenvalue weighted by Crippen LogP contribution is -2.52. The fourth-order valence-corrected chi connectivity index (χ4v) is 4.38. The van der Waals surface area contributed by atoms with E-state index in [0.717, 1.165) is 37.9 Å². The molecule has 1 N–H and O–H groups in total. The zero-order valence-electron chi connectivity index (χ0n) is 15.9. The third-order valence-corrected chi connectivity index (χ3v) is 6.14. The summed E-state index contributed by atoms with van der Waals surface area (Å²) in [5, 5.41) is 0. The molecule has 0 bridgehead atoms. The van der Waals surface area contributed by atoms with Gasteiger partial charge in [0.1, 0.15) is 5.82 Å². The first-order valence-electron chi connectivity index (χ1n) is 9.85. The third kappa shape index (κ3) is 3.93. The summed E-state index contributed by atoms with van der Waals surface area (Å²) in [6, 6.07) is 5.87. The highest BCUT2D eigenvalue weighted by atomic mass is 19.1. The van der Waals surface area contributed by atoms with Crippen LogP contribution in [0.15, 0.2) is 36.8 Å². The van der Waals surface area contributed by atoms with Crippen molar-refractivity contribution in [2.75, 3.05) is 26.2 Å². The largest absolute Gasteiger partial charge is 0.348 e. The maximum absolute atomic E-state index is 13.4.